The minimum atomic E-state index is -2.11. The third kappa shape index (κ3) is 8.22. The lowest BCUT2D eigenvalue weighted by atomic mass is 9.83. The van der Waals surface area contributed by atoms with Crippen LogP contribution in [-0.4, -0.2) is 140 Å². The van der Waals surface area contributed by atoms with E-state index in [1.807, 2.05) is 6.92 Å². The summed E-state index contributed by atoms with van der Waals surface area (Å²) in [5, 5.41) is 82.4. The number of carbonyl (C=O) groups excluding carboxylic acids is 1. The molecule has 16 heteroatoms. The number of allylic oxidation sites excluding steroid dienone is 2. The fourth-order valence-electron chi connectivity index (χ4n) is 6.33. The first-order valence-electron chi connectivity index (χ1n) is 15.5. The summed E-state index contributed by atoms with van der Waals surface area (Å²) in [6.07, 6.45) is -7.87. The second-order valence-corrected chi connectivity index (χ2v) is 12.6. The number of ether oxygens (including phenoxy) is 6. The molecule has 47 heavy (non-hydrogen) atoms. The lowest BCUT2D eigenvalue weighted by molar-refractivity contribution is -0.365. The van der Waals surface area contributed by atoms with Crippen molar-refractivity contribution in [3.63, 3.8) is 0 Å². The Hall–Kier alpha value is -2.48. The molecule has 4 aliphatic rings. The second-order valence-electron chi connectivity index (χ2n) is 12.6. The van der Waals surface area contributed by atoms with Crippen molar-refractivity contribution < 1.29 is 78.9 Å². The molecule has 0 radical (unpaired) electrons. The van der Waals surface area contributed by atoms with Gasteiger partial charge < -0.3 is 69.3 Å². The first-order chi connectivity index (χ1) is 22.2. The van der Waals surface area contributed by atoms with E-state index in [-0.39, 0.29) is 24.2 Å². The summed E-state index contributed by atoms with van der Waals surface area (Å²) in [7, 11) is 0. The molecule has 16 nitrogen and oxygen atoms in total. The highest BCUT2D eigenvalue weighted by Gasteiger charge is 2.56. The molecule has 1 saturated carbocycles. The van der Waals surface area contributed by atoms with Crippen LogP contribution in [0, 0.1) is 17.8 Å². The van der Waals surface area contributed by atoms with Gasteiger partial charge in [-0.25, -0.2) is 9.59 Å². The van der Waals surface area contributed by atoms with Gasteiger partial charge in [-0.1, -0.05) is 24.6 Å². The van der Waals surface area contributed by atoms with Crippen molar-refractivity contribution in [1.82, 2.24) is 0 Å². The van der Waals surface area contributed by atoms with Crippen LogP contribution in [-0.2, 0) is 38.0 Å². The summed E-state index contributed by atoms with van der Waals surface area (Å²) >= 11 is 0. The number of carboxylic acid groups (broad SMARTS) is 1. The highest BCUT2D eigenvalue weighted by molar-refractivity contribution is 5.88. The first-order valence-corrected chi connectivity index (χ1v) is 15.5. The minimum Gasteiger partial charge on any atom is -0.478 e. The van der Waals surface area contributed by atoms with Crippen LogP contribution in [0.3, 0.4) is 0 Å². The standard InChI is InChI=1S/C31H46O16/c1-14(7-8-32)5-4-6-15(2)27(40)43-12-31(41)13-44-30(25(31)37)46-24-23(36)22(35)20(10-33)45-29(24)47-28-21-16(3)19(34)9-17(21)18(11-42-28)26(38)39/h6-7,11,16-17,19-25,28-30,32-37,41H,4-5,8-10,12-13H2,1-3H3,(H,38,39)/b14-7+,15-6+/t16-,17-,19+,20-,21+,22-,23+,24-,25+,28+,29+,30+,31-/m1/s1. The van der Waals surface area contributed by atoms with Crippen molar-refractivity contribution in [2.45, 2.75) is 101 Å². The average Bonchev–Trinajstić information content (AvgIpc) is 3.49. The number of hydrogen-bond acceptors (Lipinski definition) is 15. The lowest BCUT2D eigenvalue weighted by Crippen LogP contribution is -2.62. The summed E-state index contributed by atoms with van der Waals surface area (Å²) < 4.78 is 33.8. The van der Waals surface area contributed by atoms with Gasteiger partial charge >= 0.3 is 11.9 Å². The van der Waals surface area contributed by atoms with E-state index in [2.05, 4.69) is 0 Å². The van der Waals surface area contributed by atoms with E-state index in [0.29, 0.717) is 12.8 Å². The summed E-state index contributed by atoms with van der Waals surface area (Å²) in [4.78, 5) is 24.3. The molecule has 8 N–H and O–H groups in total. The van der Waals surface area contributed by atoms with Crippen LogP contribution in [0.1, 0.15) is 40.0 Å². The maximum absolute atomic E-state index is 12.5. The van der Waals surface area contributed by atoms with Crippen LogP contribution in [0.2, 0.25) is 0 Å². The normalized spacial score (nSPS) is 40.9. The highest BCUT2D eigenvalue weighted by Crippen LogP contribution is 2.47. The van der Waals surface area contributed by atoms with Crippen LogP contribution in [0.15, 0.2) is 35.1 Å². The Kier molecular flexibility index (Phi) is 12.6. The fourth-order valence-corrected chi connectivity index (χ4v) is 6.33. The monoisotopic (exact) mass is 674 g/mol. The van der Waals surface area contributed by atoms with E-state index in [9.17, 15) is 45.3 Å². The van der Waals surface area contributed by atoms with E-state index in [0.717, 1.165) is 11.8 Å². The third-order valence-electron chi connectivity index (χ3n) is 9.36. The molecule has 3 fully saturated rings. The van der Waals surface area contributed by atoms with Gasteiger partial charge in [0, 0.05) is 17.4 Å². The van der Waals surface area contributed by atoms with E-state index < -0.39 is 111 Å². The molecule has 266 valence electrons. The molecule has 0 spiro atoms. The highest BCUT2D eigenvalue weighted by atomic mass is 16.8. The molecule has 13 atom stereocenters. The SMILES string of the molecule is C/C(=C\CO)CC/C=C(\C)C(=O)OC[C@@]1(O)CO[C@@H](O[C@H]2[C@H](O[C@@H]3OC=C(C(=O)O)[C@H]4C[C@H](O)[C@@H](C)[C@H]34)O[C@H](CO)[C@@H](O)[C@@H]2O)[C@@H]1O. The van der Waals surface area contributed by atoms with Crippen LogP contribution >= 0.6 is 0 Å². The van der Waals surface area contributed by atoms with E-state index >= 15 is 0 Å². The molecule has 3 heterocycles. The Balaban J connectivity index is 1.43. The van der Waals surface area contributed by atoms with Crippen molar-refractivity contribution in [3.8, 4) is 0 Å². The van der Waals surface area contributed by atoms with Crippen LogP contribution in [0.5, 0.6) is 0 Å². The van der Waals surface area contributed by atoms with E-state index in [4.69, 9.17) is 33.5 Å². The van der Waals surface area contributed by atoms with Crippen molar-refractivity contribution in [3.05, 3.63) is 35.1 Å². The predicted molar refractivity (Wildman–Crippen MR) is 157 cm³/mol. The van der Waals surface area contributed by atoms with Gasteiger partial charge in [-0.2, -0.15) is 0 Å². The van der Waals surface area contributed by atoms with E-state index in [1.54, 1.807) is 19.1 Å². The summed E-state index contributed by atoms with van der Waals surface area (Å²) in [6.45, 7) is 3.07. The van der Waals surface area contributed by atoms with Gasteiger partial charge in [0.05, 0.1) is 37.8 Å². The quantitative estimate of drug-likeness (QED) is 0.0625. The number of hydrogen-bond donors (Lipinski definition) is 8. The van der Waals surface area contributed by atoms with Crippen LogP contribution < -0.4 is 0 Å². The molecule has 0 bridgehead atoms. The molecule has 0 aromatic rings. The molecule has 0 aromatic carbocycles. The van der Waals surface area contributed by atoms with Gasteiger partial charge in [0.15, 0.2) is 18.2 Å². The third-order valence-corrected chi connectivity index (χ3v) is 9.36. The number of esters is 1. The summed E-state index contributed by atoms with van der Waals surface area (Å²) in [6, 6.07) is 0. The number of carbonyl (C=O) groups is 2. The minimum absolute atomic E-state index is 0.0437. The summed E-state index contributed by atoms with van der Waals surface area (Å²) in [5.74, 6) is -3.71. The van der Waals surface area contributed by atoms with Gasteiger partial charge in [-0.3, -0.25) is 0 Å². The average molecular weight is 675 g/mol. The smallest absolute Gasteiger partial charge is 0.334 e. The number of aliphatic hydroxyl groups excluding tert-OH is 6. The Morgan fingerprint density at radius 1 is 1.04 bits per heavy atom. The number of aliphatic carboxylic acids is 1. The number of carboxylic acids is 1. The molecule has 0 amide bonds. The second kappa shape index (κ2) is 15.8. The fraction of sp³-hybridized carbons (Fsp3) is 0.742. The van der Waals surface area contributed by atoms with Crippen molar-refractivity contribution in [2.75, 3.05) is 26.4 Å². The molecule has 0 unspecified atom stereocenters. The molecular formula is C31H46O16. The molecule has 4 rings (SSSR count). The van der Waals surface area contributed by atoms with Gasteiger partial charge in [0.25, 0.3) is 0 Å². The molecule has 0 aromatic heterocycles. The largest absolute Gasteiger partial charge is 0.478 e. The zero-order valence-corrected chi connectivity index (χ0v) is 26.5. The number of aliphatic hydroxyl groups is 7. The van der Waals surface area contributed by atoms with Gasteiger partial charge in [0.1, 0.15) is 37.1 Å². The number of fused-ring (bicyclic) bond motifs is 1. The van der Waals surface area contributed by atoms with Gasteiger partial charge in [-0.15, -0.1) is 0 Å². The number of rotatable bonds is 13. The van der Waals surface area contributed by atoms with Crippen molar-refractivity contribution >= 4 is 11.9 Å². The van der Waals surface area contributed by atoms with Gasteiger partial charge in [0.2, 0.25) is 6.29 Å². The zero-order chi connectivity index (χ0) is 34.6. The Labute approximate surface area is 271 Å². The molecule has 1 aliphatic carbocycles. The maximum Gasteiger partial charge on any atom is 0.334 e. The van der Waals surface area contributed by atoms with Gasteiger partial charge in [-0.05, 0) is 39.0 Å². The van der Waals surface area contributed by atoms with Crippen LogP contribution in [0.4, 0.5) is 0 Å². The van der Waals surface area contributed by atoms with E-state index in [1.165, 1.54) is 6.92 Å². The first kappa shape index (κ1) is 37.3. The molecular weight excluding hydrogens is 628 g/mol. The summed E-state index contributed by atoms with van der Waals surface area (Å²) in [5.41, 5.74) is -0.943. The lowest BCUT2D eigenvalue weighted by Gasteiger charge is -2.45. The molecule has 2 saturated heterocycles. The Bertz CT molecular complexity index is 1200. The Morgan fingerprint density at radius 3 is 2.43 bits per heavy atom. The maximum atomic E-state index is 12.5. The Morgan fingerprint density at radius 2 is 1.77 bits per heavy atom. The molecule has 3 aliphatic heterocycles. The predicted octanol–water partition coefficient (Wildman–Crippen LogP) is -1.56. The topological polar surface area (TPSA) is 251 Å². The zero-order valence-electron chi connectivity index (χ0n) is 26.5. The van der Waals surface area contributed by atoms with Crippen molar-refractivity contribution in [1.29, 1.82) is 0 Å². The van der Waals surface area contributed by atoms with Crippen LogP contribution in [0.25, 0.3) is 0 Å². The van der Waals surface area contributed by atoms with Crippen molar-refractivity contribution in [2.24, 2.45) is 17.8 Å².